The summed E-state index contributed by atoms with van der Waals surface area (Å²) in [5, 5.41) is 9.81. The van der Waals surface area contributed by atoms with Gasteiger partial charge >= 0.3 is 0 Å². The van der Waals surface area contributed by atoms with Crippen molar-refractivity contribution in [1.82, 2.24) is 0 Å². The second-order valence-corrected chi connectivity index (χ2v) is 5.13. The van der Waals surface area contributed by atoms with Gasteiger partial charge in [-0.3, -0.25) is 0 Å². The van der Waals surface area contributed by atoms with E-state index in [-0.39, 0.29) is 11.5 Å². The van der Waals surface area contributed by atoms with E-state index in [1.165, 1.54) is 12.8 Å². The van der Waals surface area contributed by atoms with Gasteiger partial charge in [0, 0.05) is 0 Å². The molecule has 1 nitrogen and oxygen atoms in total. The summed E-state index contributed by atoms with van der Waals surface area (Å²) < 4.78 is 0. The standard InChI is InChI=1S/C10H18O/c1-9(2)7-4-5-10(9,3)8(11)6-7/h7-8,11H,4-6H2,1-3H3/t7-,8?,10?/m1/s1. The number of hydrogen-bond donors (Lipinski definition) is 1. The van der Waals surface area contributed by atoms with Crippen LogP contribution in [-0.4, -0.2) is 11.2 Å². The highest BCUT2D eigenvalue weighted by Crippen LogP contribution is 2.65. The highest BCUT2D eigenvalue weighted by molar-refractivity contribution is 5.10. The molecule has 11 heavy (non-hydrogen) atoms. The van der Waals surface area contributed by atoms with Crippen LogP contribution in [-0.2, 0) is 0 Å². The molecule has 2 aliphatic carbocycles. The monoisotopic (exact) mass is 154 g/mol. The van der Waals surface area contributed by atoms with Crippen molar-refractivity contribution in [2.75, 3.05) is 0 Å². The summed E-state index contributed by atoms with van der Waals surface area (Å²) in [4.78, 5) is 0. The Morgan fingerprint density at radius 3 is 2.09 bits per heavy atom. The fourth-order valence-corrected chi connectivity index (χ4v) is 3.16. The molecule has 0 saturated heterocycles. The third-order valence-electron chi connectivity index (χ3n) is 4.75. The summed E-state index contributed by atoms with van der Waals surface area (Å²) in [6.45, 7) is 6.90. The topological polar surface area (TPSA) is 20.2 Å². The first-order chi connectivity index (χ1) is 4.98. The fourth-order valence-electron chi connectivity index (χ4n) is 3.16. The Hall–Kier alpha value is -0.0400. The number of aliphatic hydroxyl groups is 1. The third-order valence-corrected chi connectivity index (χ3v) is 4.75. The Balaban J connectivity index is 2.40. The molecule has 2 saturated carbocycles. The predicted octanol–water partition coefficient (Wildman–Crippen LogP) is 2.19. The Kier molecular flexibility index (Phi) is 1.26. The molecule has 0 amide bonds. The molecule has 0 spiro atoms. The van der Waals surface area contributed by atoms with Crippen molar-refractivity contribution in [2.24, 2.45) is 16.7 Å². The normalized spacial score (nSPS) is 53.5. The maximum absolute atomic E-state index is 9.81. The lowest BCUT2D eigenvalue weighted by molar-refractivity contribution is 0.0126. The maximum Gasteiger partial charge on any atom is 0.0601 e. The van der Waals surface area contributed by atoms with Crippen molar-refractivity contribution in [2.45, 2.75) is 46.1 Å². The molecule has 0 aromatic rings. The summed E-state index contributed by atoms with van der Waals surface area (Å²) >= 11 is 0. The summed E-state index contributed by atoms with van der Waals surface area (Å²) in [5.74, 6) is 0.780. The molecule has 1 N–H and O–H groups in total. The summed E-state index contributed by atoms with van der Waals surface area (Å²) in [6, 6.07) is 0. The van der Waals surface area contributed by atoms with Crippen molar-refractivity contribution in [3.05, 3.63) is 0 Å². The predicted molar refractivity (Wildman–Crippen MR) is 45.2 cm³/mol. The smallest absolute Gasteiger partial charge is 0.0601 e. The van der Waals surface area contributed by atoms with Crippen LogP contribution in [0.3, 0.4) is 0 Å². The zero-order valence-electron chi connectivity index (χ0n) is 7.72. The minimum Gasteiger partial charge on any atom is -0.393 e. The summed E-state index contributed by atoms with van der Waals surface area (Å²) in [7, 11) is 0. The molecule has 0 aromatic heterocycles. The number of hydrogen-bond acceptors (Lipinski definition) is 1. The molecule has 2 rings (SSSR count). The minimum atomic E-state index is -0.0313. The quantitative estimate of drug-likeness (QED) is 0.567. The average molecular weight is 154 g/mol. The molecule has 64 valence electrons. The lowest BCUT2D eigenvalue weighted by Gasteiger charge is -2.36. The van der Waals surface area contributed by atoms with Gasteiger partial charge in [-0.2, -0.15) is 0 Å². The molecular weight excluding hydrogens is 136 g/mol. The van der Waals surface area contributed by atoms with Gasteiger partial charge in [0.1, 0.15) is 0 Å². The van der Waals surface area contributed by atoms with Gasteiger partial charge in [0.15, 0.2) is 0 Å². The Labute approximate surface area is 68.8 Å². The third kappa shape index (κ3) is 0.658. The molecule has 2 unspecified atom stereocenters. The van der Waals surface area contributed by atoms with Crippen LogP contribution in [0.5, 0.6) is 0 Å². The molecule has 0 heterocycles. The van der Waals surface area contributed by atoms with E-state index in [1.807, 2.05) is 0 Å². The Morgan fingerprint density at radius 1 is 1.27 bits per heavy atom. The highest BCUT2D eigenvalue weighted by atomic mass is 16.3. The number of aliphatic hydroxyl groups excluding tert-OH is 1. The van der Waals surface area contributed by atoms with Gasteiger partial charge < -0.3 is 5.11 Å². The van der Waals surface area contributed by atoms with Gasteiger partial charge in [0.2, 0.25) is 0 Å². The molecule has 2 fully saturated rings. The minimum absolute atomic E-state index is 0.0313. The van der Waals surface area contributed by atoms with Crippen LogP contribution in [0.25, 0.3) is 0 Å². The zero-order chi connectivity index (χ0) is 8.28. The number of rotatable bonds is 0. The lowest BCUT2D eigenvalue weighted by Crippen LogP contribution is -2.35. The van der Waals surface area contributed by atoms with Crippen LogP contribution >= 0.6 is 0 Å². The number of fused-ring (bicyclic) bond motifs is 2. The first-order valence-electron chi connectivity index (χ1n) is 4.66. The van der Waals surface area contributed by atoms with E-state index in [0.29, 0.717) is 5.41 Å². The van der Waals surface area contributed by atoms with Crippen molar-refractivity contribution in [3.63, 3.8) is 0 Å². The second-order valence-electron chi connectivity index (χ2n) is 5.13. The first-order valence-corrected chi connectivity index (χ1v) is 4.66. The van der Waals surface area contributed by atoms with Crippen molar-refractivity contribution in [1.29, 1.82) is 0 Å². The average Bonchev–Trinajstić information content (AvgIpc) is 2.20. The van der Waals surface area contributed by atoms with Crippen LogP contribution in [0.4, 0.5) is 0 Å². The van der Waals surface area contributed by atoms with Gasteiger partial charge in [0.05, 0.1) is 6.10 Å². The van der Waals surface area contributed by atoms with E-state index in [0.717, 1.165) is 12.3 Å². The van der Waals surface area contributed by atoms with Crippen LogP contribution in [0.1, 0.15) is 40.0 Å². The van der Waals surface area contributed by atoms with Gasteiger partial charge in [-0.15, -0.1) is 0 Å². The molecule has 3 atom stereocenters. The zero-order valence-corrected chi connectivity index (χ0v) is 7.72. The molecule has 0 radical (unpaired) electrons. The molecule has 2 bridgehead atoms. The Morgan fingerprint density at radius 2 is 1.91 bits per heavy atom. The second kappa shape index (κ2) is 1.82. The first kappa shape index (κ1) is 7.60. The van der Waals surface area contributed by atoms with Gasteiger partial charge in [-0.1, -0.05) is 20.8 Å². The van der Waals surface area contributed by atoms with E-state index < -0.39 is 0 Å². The van der Waals surface area contributed by atoms with E-state index in [4.69, 9.17) is 0 Å². The molecule has 0 aliphatic heterocycles. The SMILES string of the molecule is CC12CC[C@H](CC1O)C2(C)C. The van der Waals surface area contributed by atoms with Crippen molar-refractivity contribution >= 4 is 0 Å². The van der Waals surface area contributed by atoms with Gasteiger partial charge in [0.25, 0.3) is 0 Å². The van der Waals surface area contributed by atoms with Gasteiger partial charge in [-0.25, -0.2) is 0 Å². The molecule has 1 heteroatoms. The summed E-state index contributed by atoms with van der Waals surface area (Å²) in [5.41, 5.74) is 0.601. The maximum atomic E-state index is 9.81. The van der Waals surface area contributed by atoms with Crippen LogP contribution in [0.2, 0.25) is 0 Å². The van der Waals surface area contributed by atoms with E-state index in [2.05, 4.69) is 20.8 Å². The van der Waals surface area contributed by atoms with Crippen LogP contribution < -0.4 is 0 Å². The lowest BCUT2D eigenvalue weighted by atomic mass is 9.70. The molecular formula is C10H18O. The van der Waals surface area contributed by atoms with Crippen molar-refractivity contribution < 1.29 is 5.11 Å². The van der Waals surface area contributed by atoms with Crippen LogP contribution in [0.15, 0.2) is 0 Å². The molecule has 0 aromatic carbocycles. The Bertz CT molecular complexity index is 185. The fraction of sp³-hybridized carbons (Fsp3) is 1.00. The van der Waals surface area contributed by atoms with E-state index in [9.17, 15) is 5.11 Å². The largest absolute Gasteiger partial charge is 0.393 e. The van der Waals surface area contributed by atoms with E-state index in [1.54, 1.807) is 0 Å². The van der Waals surface area contributed by atoms with Crippen molar-refractivity contribution in [3.8, 4) is 0 Å². The van der Waals surface area contributed by atoms with E-state index >= 15 is 0 Å². The summed E-state index contributed by atoms with van der Waals surface area (Å²) in [6.07, 6.45) is 3.58. The highest BCUT2D eigenvalue weighted by Gasteiger charge is 2.60. The van der Waals surface area contributed by atoms with Gasteiger partial charge in [-0.05, 0) is 36.0 Å². The molecule has 2 aliphatic rings. The van der Waals surface area contributed by atoms with Crippen LogP contribution in [0, 0.1) is 16.7 Å².